The first-order valence-electron chi connectivity index (χ1n) is 7.12. The zero-order valence-corrected chi connectivity index (χ0v) is 12.1. The van der Waals surface area contributed by atoms with Crippen molar-refractivity contribution in [2.75, 3.05) is 11.4 Å². The molecule has 4 nitrogen and oxygen atoms in total. The van der Waals surface area contributed by atoms with Crippen LogP contribution < -0.4 is 4.90 Å². The van der Waals surface area contributed by atoms with Gasteiger partial charge in [-0.1, -0.05) is 26.7 Å². The van der Waals surface area contributed by atoms with Gasteiger partial charge in [0.2, 0.25) is 5.95 Å². The van der Waals surface area contributed by atoms with E-state index in [1.165, 1.54) is 25.7 Å². The lowest BCUT2D eigenvalue weighted by molar-refractivity contribution is 0.525. The van der Waals surface area contributed by atoms with Crippen LogP contribution >= 0.6 is 0 Å². The molecule has 1 heterocycles. The Hall–Kier alpha value is -1.63. The average molecular weight is 258 g/mol. The van der Waals surface area contributed by atoms with E-state index in [-0.39, 0.29) is 0 Å². The lowest BCUT2D eigenvalue weighted by Crippen LogP contribution is -2.37. The maximum atomic E-state index is 9.06. The van der Waals surface area contributed by atoms with Gasteiger partial charge in [-0.25, -0.2) is 9.97 Å². The molecular formula is C15H22N4. The number of aromatic nitrogens is 2. The van der Waals surface area contributed by atoms with Gasteiger partial charge >= 0.3 is 0 Å². The van der Waals surface area contributed by atoms with Crippen molar-refractivity contribution in [2.24, 2.45) is 5.92 Å². The molecule has 0 aliphatic heterocycles. The third kappa shape index (κ3) is 3.44. The summed E-state index contributed by atoms with van der Waals surface area (Å²) in [6, 6.07) is 4.41. The molecule has 1 saturated carbocycles. The molecule has 0 atom stereocenters. The minimum Gasteiger partial charge on any atom is -0.338 e. The van der Waals surface area contributed by atoms with Gasteiger partial charge in [0.15, 0.2) is 0 Å². The zero-order chi connectivity index (χ0) is 13.8. The molecule has 1 fully saturated rings. The fourth-order valence-corrected chi connectivity index (χ4v) is 2.74. The number of nitriles is 1. The van der Waals surface area contributed by atoms with Gasteiger partial charge in [0.1, 0.15) is 11.8 Å². The Morgan fingerprint density at radius 2 is 2.05 bits per heavy atom. The molecule has 0 aromatic carbocycles. The van der Waals surface area contributed by atoms with Crippen LogP contribution in [0.2, 0.25) is 0 Å². The maximum Gasteiger partial charge on any atom is 0.227 e. The van der Waals surface area contributed by atoms with Crippen molar-refractivity contribution < 1.29 is 0 Å². The first-order valence-corrected chi connectivity index (χ1v) is 7.12. The fourth-order valence-electron chi connectivity index (χ4n) is 2.74. The van der Waals surface area contributed by atoms with Gasteiger partial charge in [-0.15, -0.1) is 0 Å². The van der Waals surface area contributed by atoms with Crippen molar-refractivity contribution in [2.45, 2.75) is 52.5 Å². The molecule has 0 amide bonds. The highest BCUT2D eigenvalue weighted by atomic mass is 15.3. The molecule has 1 aliphatic carbocycles. The molecule has 0 unspecified atom stereocenters. The minimum absolute atomic E-state index is 0.467. The van der Waals surface area contributed by atoms with Crippen LogP contribution in [-0.4, -0.2) is 22.6 Å². The molecule has 102 valence electrons. The first-order chi connectivity index (χ1) is 9.10. The second kappa shape index (κ2) is 6.01. The van der Waals surface area contributed by atoms with Crippen LogP contribution in [0.25, 0.3) is 0 Å². The Labute approximate surface area is 115 Å². The molecule has 0 spiro atoms. The lowest BCUT2D eigenvalue weighted by Gasteiger charge is -2.30. The molecule has 1 aliphatic rings. The molecule has 0 N–H and O–H groups in total. The first kappa shape index (κ1) is 13.8. The van der Waals surface area contributed by atoms with Gasteiger partial charge in [-0.2, -0.15) is 5.26 Å². The predicted octanol–water partition coefficient (Wildman–Crippen LogP) is 3.06. The quantitative estimate of drug-likeness (QED) is 0.833. The topological polar surface area (TPSA) is 52.8 Å². The van der Waals surface area contributed by atoms with E-state index in [4.69, 9.17) is 5.26 Å². The highest BCUT2D eigenvalue weighted by Crippen LogP contribution is 2.27. The number of hydrogen-bond acceptors (Lipinski definition) is 4. The Balaban J connectivity index is 2.31. The molecule has 1 aromatic rings. The largest absolute Gasteiger partial charge is 0.338 e. The molecular weight excluding hydrogens is 236 g/mol. The van der Waals surface area contributed by atoms with Crippen LogP contribution in [-0.2, 0) is 0 Å². The SMILES string of the molecule is Cc1cc(C#N)nc(N(CC(C)C)C2CCCC2)n1. The van der Waals surface area contributed by atoms with Crippen LogP contribution in [0.15, 0.2) is 6.07 Å². The Morgan fingerprint density at radius 3 is 2.63 bits per heavy atom. The monoisotopic (exact) mass is 258 g/mol. The van der Waals surface area contributed by atoms with Crippen molar-refractivity contribution >= 4 is 5.95 Å². The van der Waals surface area contributed by atoms with Crippen molar-refractivity contribution in [3.63, 3.8) is 0 Å². The summed E-state index contributed by atoms with van der Waals surface area (Å²) in [7, 11) is 0. The smallest absolute Gasteiger partial charge is 0.227 e. The highest BCUT2D eigenvalue weighted by Gasteiger charge is 2.25. The predicted molar refractivity (Wildman–Crippen MR) is 75.9 cm³/mol. The van der Waals surface area contributed by atoms with Crippen molar-refractivity contribution in [1.82, 2.24) is 9.97 Å². The Bertz CT molecular complexity index is 470. The number of nitrogens with zero attached hydrogens (tertiary/aromatic N) is 4. The number of rotatable bonds is 4. The number of hydrogen-bond donors (Lipinski definition) is 0. The van der Waals surface area contributed by atoms with Crippen LogP contribution in [0.3, 0.4) is 0 Å². The second-order valence-electron chi connectivity index (χ2n) is 5.79. The van der Waals surface area contributed by atoms with Crippen LogP contribution in [0.5, 0.6) is 0 Å². The summed E-state index contributed by atoms with van der Waals surface area (Å²) < 4.78 is 0. The molecule has 2 rings (SSSR count). The van der Waals surface area contributed by atoms with Crippen LogP contribution in [0.4, 0.5) is 5.95 Å². The average Bonchev–Trinajstić information content (AvgIpc) is 2.88. The van der Waals surface area contributed by atoms with Gasteiger partial charge in [0.25, 0.3) is 0 Å². The minimum atomic E-state index is 0.467. The van der Waals surface area contributed by atoms with E-state index in [0.717, 1.165) is 18.2 Å². The van der Waals surface area contributed by atoms with Crippen molar-refractivity contribution in [1.29, 1.82) is 5.26 Å². The highest BCUT2D eigenvalue weighted by molar-refractivity contribution is 5.37. The standard InChI is InChI=1S/C15H22N4/c1-11(2)10-19(14-6-4-5-7-14)15-17-12(3)8-13(9-16)18-15/h8,11,14H,4-7,10H2,1-3H3. The van der Waals surface area contributed by atoms with E-state index in [0.29, 0.717) is 17.7 Å². The summed E-state index contributed by atoms with van der Waals surface area (Å²) >= 11 is 0. The molecule has 0 saturated heterocycles. The number of anilines is 1. The lowest BCUT2D eigenvalue weighted by atomic mass is 10.1. The van der Waals surface area contributed by atoms with E-state index in [2.05, 4.69) is 34.8 Å². The van der Waals surface area contributed by atoms with Crippen LogP contribution in [0.1, 0.15) is 50.9 Å². The maximum absolute atomic E-state index is 9.06. The molecule has 4 heteroatoms. The van der Waals surface area contributed by atoms with Gasteiger partial charge in [-0.05, 0) is 31.7 Å². The summed E-state index contributed by atoms with van der Waals surface area (Å²) in [5, 5.41) is 9.06. The molecule has 0 bridgehead atoms. The molecule has 0 radical (unpaired) electrons. The van der Waals surface area contributed by atoms with Gasteiger partial charge < -0.3 is 4.90 Å². The van der Waals surface area contributed by atoms with E-state index < -0.39 is 0 Å². The molecule has 1 aromatic heterocycles. The third-order valence-corrected chi connectivity index (χ3v) is 3.54. The molecule has 19 heavy (non-hydrogen) atoms. The van der Waals surface area contributed by atoms with Gasteiger partial charge in [0.05, 0.1) is 0 Å². The fraction of sp³-hybridized carbons (Fsp3) is 0.667. The van der Waals surface area contributed by atoms with Crippen molar-refractivity contribution in [3.05, 3.63) is 17.5 Å². The summed E-state index contributed by atoms with van der Waals surface area (Å²) in [6.45, 7) is 7.30. The summed E-state index contributed by atoms with van der Waals surface area (Å²) in [6.07, 6.45) is 5.00. The summed E-state index contributed by atoms with van der Waals surface area (Å²) in [4.78, 5) is 11.3. The van der Waals surface area contributed by atoms with E-state index in [9.17, 15) is 0 Å². The van der Waals surface area contributed by atoms with Crippen molar-refractivity contribution in [3.8, 4) is 6.07 Å². The van der Waals surface area contributed by atoms with Gasteiger partial charge in [-0.3, -0.25) is 0 Å². The van der Waals surface area contributed by atoms with E-state index in [1.807, 2.05) is 6.92 Å². The Kier molecular flexibility index (Phi) is 4.36. The second-order valence-corrected chi connectivity index (χ2v) is 5.79. The van der Waals surface area contributed by atoms with Crippen LogP contribution in [0, 0.1) is 24.2 Å². The zero-order valence-electron chi connectivity index (χ0n) is 12.1. The normalized spacial score (nSPS) is 15.7. The number of aryl methyl sites for hydroxylation is 1. The summed E-state index contributed by atoms with van der Waals surface area (Å²) in [5.74, 6) is 1.30. The van der Waals surface area contributed by atoms with E-state index in [1.54, 1.807) is 6.07 Å². The van der Waals surface area contributed by atoms with E-state index >= 15 is 0 Å². The Morgan fingerprint density at radius 1 is 1.37 bits per heavy atom. The third-order valence-electron chi connectivity index (χ3n) is 3.54. The van der Waals surface area contributed by atoms with Gasteiger partial charge in [0, 0.05) is 18.3 Å². The summed E-state index contributed by atoms with van der Waals surface area (Å²) in [5.41, 5.74) is 1.34.